The van der Waals surface area contributed by atoms with Crippen molar-refractivity contribution in [2.75, 3.05) is 18.5 Å². The summed E-state index contributed by atoms with van der Waals surface area (Å²) in [6.45, 7) is 5.29. The van der Waals surface area contributed by atoms with Crippen molar-refractivity contribution in [1.29, 1.82) is 0 Å². The van der Waals surface area contributed by atoms with E-state index in [1.807, 2.05) is 17.0 Å². The smallest absolute Gasteiger partial charge is 0.239 e. The molecule has 1 amide bonds. The molecule has 2 rings (SSSR count). The number of rotatable bonds is 1. The van der Waals surface area contributed by atoms with Crippen LogP contribution in [0, 0.1) is 0 Å². The number of carbonyl (C=O) groups excluding carboxylic acids is 1. The van der Waals surface area contributed by atoms with Gasteiger partial charge in [0.15, 0.2) is 0 Å². The summed E-state index contributed by atoms with van der Waals surface area (Å²) in [6.07, 6.45) is 0. The van der Waals surface area contributed by atoms with Crippen molar-refractivity contribution in [1.82, 2.24) is 4.90 Å². The van der Waals surface area contributed by atoms with Crippen LogP contribution in [-0.4, -0.2) is 36.5 Å². The van der Waals surface area contributed by atoms with Crippen LogP contribution in [-0.2, 0) is 11.3 Å². The van der Waals surface area contributed by atoms with E-state index in [4.69, 9.17) is 5.73 Å². The molecule has 1 heterocycles. The summed E-state index contributed by atoms with van der Waals surface area (Å²) >= 11 is 0. The van der Waals surface area contributed by atoms with Gasteiger partial charge in [0.2, 0.25) is 5.91 Å². The minimum atomic E-state index is -0.442. The van der Waals surface area contributed by atoms with Crippen LogP contribution in [0.15, 0.2) is 24.3 Å². The number of fused-ring (bicyclic) bond motifs is 1. The standard InChI is InChI=1S/C14H21N3O/c1-10-8-16(3)13-7-5-4-6-12(13)9-17(10)14(18)11(2)15/h4-7,10-11H,8-9,15H2,1-3H3/t10-,11+/m0/s1. The van der Waals surface area contributed by atoms with E-state index in [9.17, 15) is 4.79 Å². The van der Waals surface area contributed by atoms with Crippen LogP contribution < -0.4 is 10.6 Å². The van der Waals surface area contributed by atoms with Gasteiger partial charge in [-0.05, 0) is 25.5 Å². The molecule has 4 nitrogen and oxygen atoms in total. The molecular formula is C14H21N3O. The maximum Gasteiger partial charge on any atom is 0.239 e. The third-order valence-electron chi connectivity index (χ3n) is 3.49. The Morgan fingerprint density at radius 2 is 2.11 bits per heavy atom. The molecule has 0 fully saturated rings. The van der Waals surface area contributed by atoms with Gasteiger partial charge in [0.25, 0.3) is 0 Å². The highest BCUT2D eigenvalue weighted by Gasteiger charge is 2.28. The lowest BCUT2D eigenvalue weighted by Crippen LogP contribution is -2.48. The Hall–Kier alpha value is -1.55. The zero-order chi connectivity index (χ0) is 13.3. The van der Waals surface area contributed by atoms with Gasteiger partial charge in [0.1, 0.15) is 0 Å². The summed E-state index contributed by atoms with van der Waals surface area (Å²) in [4.78, 5) is 16.2. The van der Waals surface area contributed by atoms with Crippen LogP contribution in [0.2, 0.25) is 0 Å². The SMILES string of the molecule is C[C@@H](N)C(=O)N1Cc2ccccc2N(C)C[C@@H]1C. The van der Waals surface area contributed by atoms with E-state index in [0.29, 0.717) is 6.54 Å². The largest absolute Gasteiger partial charge is 0.372 e. The first kappa shape index (κ1) is 12.9. The lowest BCUT2D eigenvalue weighted by atomic mass is 10.1. The predicted octanol–water partition coefficient (Wildman–Crippen LogP) is 1.20. The Morgan fingerprint density at radius 1 is 1.44 bits per heavy atom. The second-order valence-corrected chi connectivity index (χ2v) is 5.11. The lowest BCUT2D eigenvalue weighted by Gasteiger charge is -2.29. The minimum Gasteiger partial charge on any atom is -0.372 e. The van der Waals surface area contributed by atoms with E-state index in [2.05, 4.69) is 31.0 Å². The van der Waals surface area contributed by atoms with Gasteiger partial charge in [0, 0.05) is 31.9 Å². The Labute approximate surface area is 108 Å². The summed E-state index contributed by atoms with van der Waals surface area (Å²) in [7, 11) is 2.06. The second kappa shape index (κ2) is 4.98. The number of benzene rings is 1. The first-order valence-corrected chi connectivity index (χ1v) is 6.36. The molecule has 0 bridgehead atoms. The zero-order valence-corrected chi connectivity index (χ0v) is 11.3. The molecule has 0 saturated heterocycles. The van der Waals surface area contributed by atoms with Crippen molar-refractivity contribution in [2.45, 2.75) is 32.5 Å². The molecule has 1 aromatic carbocycles. The third kappa shape index (κ3) is 2.34. The molecule has 18 heavy (non-hydrogen) atoms. The highest BCUT2D eigenvalue weighted by molar-refractivity contribution is 5.82. The van der Waals surface area contributed by atoms with E-state index in [0.717, 1.165) is 6.54 Å². The number of para-hydroxylation sites is 1. The van der Waals surface area contributed by atoms with E-state index in [1.54, 1.807) is 6.92 Å². The Bertz CT molecular complexity index is 444. The van der Waals surface area contributed by atoms with Crippen LogP contribution in [0.25, 0.3) is 0 Å². The Kier molecular flexibility index (Phi) is 3.57. The summed E-state index contributed by atoms with van der Waals surface area (Å²) in [5.74, 6) is 0.0209. The topological polar surface area (TPSA) is 49.6 Å². The lowest BCUT2D eigenvalue weighted by molar-refractivity contribution is -0.134. The number of amides is 1. The summed E-state index contributed by atoms with van der Waals surface area (Å²) in [5.41, 5.74) is 8.11. The van der Waals surface area contributed by atoms with Crippen molar-refractivity contribution >= 4 is 11.6 Å². The second-order valence-electron chi connectivity index (χ2n) is 5.11. The monoisotopic (exact) mass is 247 g/mol. The predicted molar refractivity (Wildman–Crippen MR) is 73.4 cm³/mol. The first-order chi connectivity index (χ1) is 8.50. The van der Waals surface area contributed by atoms with Crippen molar-refractivity contribution in [3.8, 4) is 0 Å². The fourth-order valence-corrected chi connectivity index (χ4v) is 2.51. The summed E-state index contributed by atoms with van der Waals surface area (Å²) in [6, 6.07) is 7.94. The third-order valence-corrected chi connectivity index (χ3v) is 3.49. The maximum absolute atomic E-state index is 12.2. The van der Waals surface area contributed by atoms with E-state index in [-0.39, 0.29) is 11.9 Å². The quantitative estimate of drug-likeness (QED) is 0.811. The molecule has 0 radical (unpaired) electrons. The molecule has 0 aromatic heterocycles. The minimum absolute atomic E-state index is 0.0209. The van der Waals surface area contributed by atoms with E-state index >= 15 is 0 Å². The Morgan fingerprint density at radius 3 is 2.78 bits per heavy atom. The molecule has 4 heteroatoms. The molecule has 2 atom stereocenters. The number of carbonyl (C=O) groups is 1. The van der Waals surface area contributed by atoms with Crippen molar-refractivity contribution in [2.24, 2.45) is 5.73 Å². The van der Waals surface area contributed by atoms with Gasteiger partial charge in [-0.1, -0.05) is 18.2 Å². The highest BCUT2D eigenvalue weighted by Crippen LogP contribution is 2.26. The van der Waals surface area contributed by atoms with Gasteiger partial charge in [0.05, 0.1) is 6.04 Å². The molecule has 2 N–H and O–H groups in total. The number of nitrogens with two attached hydrogens (primary N) is 1. The van der Waals surface area contributed by atoms with Crippen molar-refractivity contribution in [3.63, 3.8) is 0 Å². The number of likely N-dealkylation sites (N-methyl/N-ethyl adjacent to an activating group) is 1. The van der Waals surface area contributed by atoms with Crippen LogP contribution in [0.1, 0.15) is 19.4 Å². The zero-order valence-electron chi connectivity index (χ0n) is 11.3. The van der Waals surface area contributed by atoms with Crippen molar-refractivity contribution in [3.05, 3.63) is 29.8 Å². The molecule has 98 valence electrons. The van der Waals surface area contributed by atoms with Crippen LogP contribution >= 0.6 is 0 Å². The van der Waals surface area contributed by atoms with Gasteiger partial charge >= 0.3 is 0 Å². The number of hydrogen-bond acceptors (Lipinski definition) is 3. The molecule has 0 saturated carbocycles. The molecule has 0 unspecified atom stereocenters. The summed E-state index contributed by atoms with van der Waals surface area (Å²) in [5, 5.41) is 0. The molecule has 0 spiro atoms. The average molecular weight is 247 g/mol. The van der Waals surface area contributed by atoms with Crippen molar-refractivity contribution < 1.29 is 4.79 Å². The van der Waals surface area contributed by atoms with Gasteiger partial charge < -0.3 is 15.5 Å². The average Bonchev–Trinajstić information content (AvgIpc) is 2.46. The molecule has 1 aliphatic heterocycles. The maximum atomic E-state index is 12.2. The fourth-order valence-electron chi connectivity index (χ4n) is 2.51. The molecular weight excluding hydrogens is 226 g/mol. The highest BCUT2D eigenvalue weighted by atomic mass is 16.2. The van der Waals surface area contributed by atoms with Crippen LogP contribution in [0.5, 0.6) is 0 Å². The number of anilines is 1. The van der Waals surface area contributed by atoms with E-state index in [1.165, 1.54) is 11.3 Å². The normalized spacial score (nSPS) is 21.2. The van der Waals surface area contributed by atoms with Gasteiger partial charge in [-0.3, -0.25) is 4.79 Å². The fraction of sp³-hybridized carbons (Fsp3) is 0.500. The van der Waals surface area contributed by atoms with Crippen LogP contribution in [0.3, 0.4) is 0 Å². The van der Waals surface area contributed by atoms with Gasteiger partial charge in [-0.2, -0.15) is 0 Å². The Balaban J connectivity index is 2.34. The molecule has 1 aromatic rings. The number of nitrogens with zero attached hydrogens (tertiary/aromatic N) is 2. The van der Waals surface area contributed by atoms with Gasteiger partial charge in [-0.25, -0.2) is 0 Å². The number of hydrogen-bond donors (Lipinski definition) is 1. The first-order valence-electron chi connectivity index (χ1n) is 6.36. The molecule has 1 aliphatic rings. The van der Waals surface area contributed by atoms with Crippen LogP contribution in [0.4, 0.5) is 5.69 Å². The van der Waals surface area contributed by atoms with E-state index < -0.39 is 6.04 Å². The summed E-state index contributed by atoms with van der Waals surface area (Å²) < 4.78 is 0. The molecule has 0 aliphatic carbocycles. The van der Waals surface area contributed by atoms with Gasteiger partial charge in [-0.15, -0.1) is 0 Å².